The molecule has 0 N–H and O–H groups in total. The van der Waals surface area contributed by atoms with Gasteiger partial charge >= 0.3 is 0 Å². The quantitative estimate of drug-likeness (QED) is 0.832. The predicted molar refractivity (Wildman–Crippen MR) is 108 cm³/mol. The van der Waals surface area contributed by atoms with Gasteiger partial charge in [0.05, 0.1) is 6.67 Å². The normalized spacial score (nSPS) is 19.0. The SMILES string of the molecule is CN1C=C2C(=NC(c3ccc(N(C)C)cc3)N2c2cccc(F)c2)N(C)C1. The highest BCUT2D eigenvalue weighted by Crippen LogP contribution is 2.40. The van der Waals surface area contributed by atoms with Gasteiger partial charge in [0.15, 0.2) is 12.0 Å². The van der Waals surface area contributed by atoms with E-state index in [9.17, 15) is 4.39 Å². The van der Waals surface area contributed by atoms with Gasteiger partial charge in [-0.15, -0.1) is 0 Å². The van der Waals surface area contributed by atoms with Gasteiger partial charge in [0.25, 0.3) is 0 Å². The summed E-state index contributed by atoms with van der Waals surface area (Å²) in [6.45, 7) is 0.769. The molecule has 2 heterocycles. The average molecular weight is 365 g/mol. The third-order valence-corrected chi connectivity index (χ3v) is 4.91. The lowest BCUT2D eigenvalue weighted by Crippen LogP contribution is -2.42. The molecule has 2 aromatic carbocycles. The van der Waals surface area contributed by atoms with Crippen LogP contribution in [0.3, 0.4) is 0 Å². The Balaban J connectivity index is 1.81. The molecule has 2 aliphatic heterocycles. The minimum absolute atomic E-state index is 0.224. The van der Waals surface area contributed by atoms with Crippen LogP contribution in [0.5, 0.6) is 0 Å². The van der Waals surface area contributed by atoms with E-state index < -0.39 is 0 Å². The van der Waals surface area contributed by atoms with Gasteiger partial charge in [0.2, 0.25) is 0 Å². The van der Waals surface area contributed by atoms with Crippen molar-refractivity contribution in [2.75, 3.05) is 44.7 Å². The first-order valence-corrected chi connectivity index (χ1v) is 8.97. The summed E-state index contributed by atoms with van der Waals surface area (Å²) in [5, 5.41) is 0. The maximum absolute atomic E-state index is 14.0. The lowest BCUT2D eigenvalue weighted by Gasteiger charge is -2.34. The summed E-state index contributed by atoms with van der Waals surface area (Å²) in [5.74, 6) is 0.680. The second kappa shape index (κ2) is 6.61. The molecule has 6 heteroatoms. The van der Waals surface area contributed by atoms with Crippen LogP contribution < -0.4 is 9.80 Å². The van der Waals surface area contributed by atoms with Crippen molar-refractivity contribution in [2.24, 2.45) is 4.99 Å². The zero-order valence-corrected chi connectivity index (χ0v) is 16.1. The van der Waals surface area contributed by atoms with Gasteiger partial charge in [-0.25, -0.2) is 9.38 Å². The molecule has 5 nitrogen and oxygen atoms in total. The molecule has 0 radical (unpaired) electrons. The fraction of sp³-hybridized carbons (Fsp3) is 0.286. The highest BCUT2D eigenvalue weighted by Gasteiger charge is 2.37. The molecule has 2 aromatic rings. The summed E-state index contributed by atoms with van der Waals surface area (Å²) in [6, 6.07) is 15.1. The summed E-state index contributed by atoms with van der Waals surface area (Å²) >= 11 is 0. The average Bonchev–Trinajstić information content (AvgIpc) is 3.01. The topological polar surface area (TPSA) is 25.3 Å². The predicted octanol–water partition coefficient (Wildman–Crippen LogP) is 3.49. The summed E-state index contributed by atoms with van der Waals surface area (Å²) in [4.78, 5) is 13.4. The largest absolute Gasteiger partial charge is 0.378 e. The molecule has 1 atom stereocenters. The number of amidine groups is 1. The second-order valence-corrected chi connectivity index (χ2v) is 7.27. The van der Waals surface area contributed by atoms with Crippen LogP contribution in [0, 0.1) is 5.82 Å². The number of likely N-dealkylation sites (N-methyl/N-ethyl adjacent to an activating group) is 1. The van der Waals surface area contributed by atoms with Crippen LogP contribution in [-0.4, -0.2) is 50.5 Å². The Morgan fingerprint density at radius 2 is 1.81 bits per heavy atom. The smallest absolute Gasteiger partial charge is 0.153 e. The second-order valence-electron chi connectivity index (χ2n) is 7.27. The summed E-state index contributed by atoms with van der Waals surface area (Å²) < 4.78 is 14.0. The summed E-state index contributed by atoms with van der Waals surface area (Å²) in [7, 11) is 8.11. The van der Waals surface area contributed by atoms with Gasteiger partial charge in [0.1, 0.15) is 11.5 Å². The Bertz CT molecular complexity index is 903. The molecule has 0 aromatic heterocycles. The lowest BCUT2D eigenvalue weighted by atomic mass is 10.1. The number of hydrogen-bond acceptors (Lipinski definition) is 5. The molecule has 0 bridgehead atoms. The molecular weight excluding hydrogens is 341 g/mol. The Morgan fingerprint density at radius 3 is 2.48 bits per heavy atom. The molecule has 2 aliphatic rings. The number of benzene rings is 2. The molecule has 0 saturated carbocycles. The summed E-state index contributed by atoms with van der Waals surface area (Å²) in [6.07, 6.45) is 1.86. The van der Waals surface area contributed by atoms with E-state index in [0.717, 1.165) is 35.1 Å². The van der Waals surface area contributed by atoms with E-state index >= 15 is 0 Å². The minimum Gasteiger partial charge on any atom is -0.378 e. The molecule has 0 spiro atoms. The highest BCUT2D eigenvalue weighted by molar-refractivity contribution is 6.04. The third kappa shape index (κ3) is 3.12. The van der Waals surface area contributed by atoms with E-state index in [0.29, 0.717) is 0 Å². The van der Waals surface area contributed by atoms with Crippen molar-refractivity contribution in [3.63, 3.8) is 0 Å². The van der Waals surface area contributed by atoms with E-state index in [1.54, 1.807) is 12.1 Å². The van der Waals surface area contributed by atoms with Crippen molar-refractivity contribution in [1.29, 1.82) is 0 Å². The van der Waals surface area contributed by atoms with Gasteiger partial charge in [-0.3, -0.25) is 0 Å². The van der Waals surface area contributed by atoms with E-state index in [2.05, 4.69) is 50.1 Å². The number of halogens is 1. The molecule has 0 fully saturated rings. The van der Waals surface area contributed by atoms with Crippen LogP contribution in [0.4, 0.5) is 15.8 Å². The van der Waals surface area contributed by atoms with Crippen molar-refractivity contribution in [2.45, 2.75) is 6.17 Å². The molecular formula is C21H24FN5. The Kier molecular flexibility index (Phi) is 4.26. The number of aliphatic imine (C=N–C) groups is 1. The zero-order chi connectivity index (χ0) is 19.1. The molecule has 1 unspecified atom stereocenters. The van der Waals surface area contributed by atoms with Crippen LogP contribution >= 0.6 is 0 Å². The molecule has 0 saturated heterocycles. The zero-order valence-electron chi connectivity index (χ0n) is 16.1. The number of nitrogens with zero attached hydrogens (tertiary/aromatic N) is 5. The number of fused-ring (bicyclic) bond motifs is 1. The fourth-order valence-electron chi connectivity index (χ4n) is 3.62. The van der Waals surface area contributed by atoms with Crippen molar-refractivity contribution in [3.05, 3.63) is 71.8 Å². The number of anilines is 2. The first kappa shape index (κ1) is 17.4. The van der Waals surface area contributed by atoms with Crippen LogP contribution in [0.1, 0.15) is 11.7 Å². The maximum atomic E-state index is 14.0. The van der Waals surface area contributed by atoms with Crippen LogP contribution in [0.25, 0.3) is 0 Å². The van der Waals surface area contributed by atoms with Crippen molar-refractivity contribution in [3.8, 4) is 0 Å². The maximum Gasteiger partial charge on any atom is 0.153 e. The minimum atomic E-state index is -0.249. The van der Waals surface area contributed by atoms with Crippen molar-refractivity contribution < 1.29 is 4.39 Å². The number of hydrogen-bond donors (Lipinski definition) is 0. The Morgan fingerprint density at radius 1 is 1.07 bits per heavy atom. The van der Waals surface area contributed by atoms with E-state index in [-0.39, 0.29) is 12.0 Å². The number of rotatable bonds is 3. The van der Waals surface area contributed by atoms with E-state index in [1.807, 2.05) is 34.3 Å². The van der Waals surface area contributed by atoms with Crippen molar-refractivity contribution in [1.82, 2.24) is 9.80 Å². The van der Waals surface area contributed by atoms with Crippen LogP contribution in [0.15, 0.2) is 65.4 Å². The van der Waals surface area contributed by atoms with E-state index in [4.69, 9.17) is 4.99 Å². The van der Waals surface area contributed by atoms with Gasteiger partial charge in [-0.1, -0.05) is 18.2 Å². The lowest BCUT2D eigenvalue weighted by molar-refractivity contribution is 0.304. The van der Waals surface area contributed by atoms with Crippen LogP contribution in [0.2, 0.25) is 0 Å². The molecule has 0 aliphatic carbocycles. The first-order valence-electron chi connectivity index (χ1n) is 8.97. The highest BCUT2D eigenvalue weighted by atomic mass is 19.1. The van der Waals surface area contributed by atoms with Crippen molar-refractivity contribution >= 4 is 17.2 Å². The standard InChI is InChI=1S/C21H24FN5/c1-24(2)17-10-8-15(9-11-17)20-23-21-19(13-25(3)14-26(21)4)27(20)18-7-5-6-16(22)12-18/h5-13,20H,14H2,1-4H3. The third-order valence-electron chi connectivity index (χ3n) is 4.91. The van der Waals surface area contributed by atoms with Gasteiger partial charge in [0, 0.05) is 45.8 Å². The molecule has 27 heavy (non-hydrogen) atoms. The molecule has 140 valence electrons. The summed E-state index contributed by atoms with van der Waals surface area (Å²) in [5.41, 5.74) is 3.99. The van der Waals surface area contributed by atoms with Gasteiger partial charge < -0.3 is 19.6 Å². The van der Waals surface area contributed by atoms with E-state index in [1.165, 1.54) is 6.07 Å². The van der Waals surface area contributed by atoms with Gasteiger partial charge in [-0.2, -0.15) is 0 Å². The Hall–Kier alpha value is -3.02. The molecule has 4 rings (SSSR count). The molecule has 0 amide bonds. The Labute approximate surface area is 159 Å². The van der Waals surface area contributed by atoms with Gasteiger partial charge in [-0.05, 0) is 35.9 Å². The monoisotopic (exact) mass is 365 g/mol. The first-order chi connectivity index (χ1) is 12.9. The van der Waals surface area contributed by atoms with Crippen LogP contribution in [-0.2, 0) is 0 Å². The fourth-order valence-corrected chi connectivity index (χ4v) is 3.62.